The predicted octanol–water partition coefficient (Wildman–Crippen LogP) is 5.09. The van der Waals surface area contributed by atoms with Crippen molar-refractivity contribution < 1.29 is 14.3 Å². The number of anilines is 1. The number of nitrogens with zero attached hydrogens (tertiary/aromatic N) is 1. The van der Waals surface area contributed by atoms with Crippen LogP contribution in [-0.4, -0.2) is 50.6 Å². The summed E-state index contributed by atoms with van der Waals surface area (Å²) in [5.74, 6) is 0.0287. The maximum atomic E-state index is 12.6. The average molecular weight is 466 g/mol. The summed E-state index contributed by atoms with van der Waals surface area (Å²) in [7, 11) is 2.06. The molecule has 3 rings (SSSR count). The smallest absolute Gasteiger partial charge is 0.319 e. The Morgan fingerprint density at radius 3 is 2.58 bits per heavy atom. The number of carbonyl (C=O) groups excluding carboxylic acids is 1. The van der Waals surface area contributed by atoms with Crippen molar-refractivity contribution >= 4 is 34.9 Å². The van der Waals surface area contributed by atoms with Crippen LogP contribution in [0.5, 0.6) is 0 Å². The molecule has 0 saturated heterocycles. The van der Waals surface area contributed by atoms with Crippen LogP contribution in [0.15, 0.2) is 36.4 Å². The van der Waals surface area contributed by atoms with Gasteiger partial charge in [-0.15, -0.1) is 0 Å². The Balaban J connectivity index is 1.81. The Morgan fingerprint density at radius 1 is 1.16 bits per heavy atom. The Labute approximate surface area is 193 Å². The fourth-order valence-electron chi connectivity index (χ4n) is 3.91. The molecule has 1 unspecified atom stereocenters. The van der Waals surface area contributed by atoms with E-state index in [4.69, 9.17) is 32.7 Å². The first kappa shape index (κ1) is 23.8. The van der Waals surface area contributed by atoms with Gasteiger partial charge in [-0.2, -0.15) is 0 Å². The van der Waals surface area contributed by atoms with E-state index < -0.39 is 6.29 Å². The number of rotatable bonds is 8. The molecule has 6 nitrogen and oxygen atoms in total. The van der Waals surface area contributed by atoms with Crippen molar-refractivity contribution in [1.29, 1.82) is 0 Å². The number of hydrogen-bond acceptors (Lipinski definition) is 4. The molecule has 168 valence electrons. The Hall–Kier alpha value is -1.83. The molecule has 0 aromatic heterocycles. The molecule has 2 aromatic carbocycles. The number of amides is 2. The highest BCUT2D eigenvalue weighted by atomic mass is 35.5. The van der Waals surface area contributed by atoms with Gasteiger partial charge in [0.25, 0.3) is 0 Å². The van der Waals surface area contributed by atoms with E-state index in [9.17, 15) is 4.79 Å². The van der Waals surface area contributed by atoms with Crippen LogP contribution >= 0.6 is 23.2 Å². The van der Waals surface area contributed by atoms with Crippen molar-refractivity contribution in [1.82, 2.24) is 10.2 Å². The van der Waals surface area contributed by atoms with Gasteiger partial charge in [-0.05, 0) is 55.8 Å². The van der Waals surface area contributed by atoms with Gasteiger partial charge in [0.1, 0.15) is 0 Å². The number of halogens is 2. The molecule has 31 heavy (non-hydrogen) atoms. The largest absolute Gasteiger partial charge is 0.351 e. The van der Waals surface area contributed by atoms with Crippen LogP contribution < -0.4 is 10.6 Å². The molecular weight excluding hydrogens is 437 g/mol. The van der Waals surface area contributed by atoms with E-state index >= 15 is 0 Å². The van der Waals surface area contributed by atoms with Crippen molar-refractivity contribution in [3.63, 3.8) is 0 Å². The summed E-state index contributed by atoms with van der Waals surface area (Å²) >= 11 is 12.8. The minimum Gasteiger partial charge on any atom is -0.351 e. The third-order valence-electron chi connectivity index (χ3n) is 5.21. The van der Waals surface area contributed by atoms with Gasteiger partial charge in [0, 0.05) is 48.0 Å². The fraction of sp³-hybridized carbons (Fsp3) is 0.435. The fourth-order valence-corrected chi connectivity index (χ4v) is 4.48. The molecule has 0 spiro atoms. The van der Waals surface area contributed by atoms with E-state index in [1.807, 2.05) is 44.2 Å². The number of carbonyl (C=O) groups is 1. The van der Waals surface area contributed by atoms with E-state index in [0.717, 1.165) is 35.5 Å². The topological polar surface area (TPSA) is 62.8 Å². The molecule has 2 N–H and O–H groups in total. The second-order valence-electron chi connectivity index (χ2n) is 7.47. The molecule has 0 aliphatic carbocycles. The van der Waals surface area contributed by atoms with Crippen LogP contribution in [0, 0.1) is 0 Å². The highest BCUT2D eigenvalue weighted by Gasteiger charge is 2.28. The number of likely N-dealkylation sites (N-methyl/N-ethyl adjacent to an activating group) is 1. The zero-order valence-corrected chi connectivity index (χ0v) is 19.6. The maximum Gasteiger partial charge on any atom is 0.319 e. The molecule has 1 atom stereocenters. The lowest BCUT2D eigenvalue weighted by atomic mass is 9.84. The van der Waals surface area contributed by atoms with E-state index in [0.29, 0.717) is 23.3 Å². The third-order valence-corrected chi connectivity index (χ3v) is 5.77. The number of benzene rings is 2. The lowest BCUT2D eigenvalue weighted by Gasteiger charge is -2.34. The summed E-state index contributed by atoms with van der Waals surface area (Å²) in [6.07, 6.45) is -0.473. The summed E-state index contributed by atoms with van der Waals surface area (Å²) in [5, 5.41) is 7.08. The summed E-state index contributed by atoms with van der Waals surface area (Å²) < 4.78 is 11.0. The first-order valence-corrected chi connectivity index (χ1v) is 11.2. The Kier molecular flexibility index (Phi) is 8.58. The number of nitrogens with one attached hydrogen (secondary N) is 2. The normalized spacial score (nSPS) is 16.3. The van der Waals surface area contributed by atoms with Gasteiger partial charge in [-0.25, -0.2) is 4.79 Å². The molecule has 2 amide bonds. The van der Waals surface area contributed by atoms with Crippen LogP contribution in [-0.2, 0) is 16.0 Å². The van der Waals surface area contributed by atoms with Crippen LogP contribution in [0.2, 0.25) is 10.0 Å². The highest BCUT2D eigenvalue weighted by Crippen LogP contribution is 2.40. The number of ether oxygens (including phenoxy) is 2. The minimum atomic E-state index is -0.473. The molecule has 0 fully saturated rings. The summed E-state index contributed by atoms with van der Waals surface area (Å²) in [5.41, 5.74) is 3.92. The molecule has 1 heterocycles. The highest BCUT2D eigenvalue weighted by molar-refractivity contribution is 6.35. The molecule has 2 aromatic rings. The second kappa shape index (κ2) is 11.2. The van der Waals surface area contributed by atoms with Gasteiger partial charge in [-0.1, -0.05) is 41.4 Å². The summed E-state index contributed by atoms with van der Waals surface area (Å²) in [6, 6.07) is 11.2. The number of urea groups is 1. The van der Waals surface area contributed by atoms with Crippen molar-refractivity contribution in [2.24, 2.45) is 0 Å². The molecule has 1 aliphatic rings. The van der Waals surface area contributed by atoms with Crippen molar-refractivity contribution in [2.45, 2.75) is 32.6 Å². The Bertz CT molecular complexity index is 904. The van der Waals surface area contributed by atoms with Gasteiger partial charge in [0.15, 0.2) is 6.29 Å². The van der Waals surface area contributed by atoms with Gasteiger partial charge < -0.3 is 25.0 Å². The van der Waals surface area contributed by atoms with E-state index in [1.165, 1.54) is 0 Å². The third kappa shape index (κ3) is 6.11. The minimum absolute atomic E-state index is 0.0287. The Morgan fingerprint density at radius 2 is 1.87 bits per heavy atom. The molecular formula is C23H29Cl2N3O3. The van der Waals surface area contributed by atoms with Gasteiger partial charge in [-0.3, -0.25) is 0 Å². The van der Waals surface area contributed by atoms with E-state index in [-0.39, 0.29) is 18.5 Å². The van der Waals surface area contributed by atoms with Crippen LogP contribution in [0.4, 0.5) is 10.5 Å². The second-order valence-corrected chi connectivity index (χ2v) is 8.31. The number of fused-ring (bicyclic) bond motifs is 1. The summed E-state index contributed by atoms with van der Waals surface area (Å²) in [6.45, 7) is 6.61. The van der Waals surface area contributed by atoms with Crippen molar-refractivity contribution in [3.8, 4) is 0 Å². The quantitative estimate of drug-likeness (QED) is 0.532. The maximum absolute atomic E-state index is 12.6. The van der Waals surface area contributed by atoms with Crippen LogP contribution in [0.25, 0.3) is 0 Å². The monoisotopic (exact) mass is 465 g/mol. The first-order chi connectivity index (χ1) is 14.9. The molecule has 1 aliphatic heterocycles. The van der Waals surface area contributed by atoms with Crippen LogP contribution in [0.1, 0.15) is 36.5 Å². The zero-order valence-electron chi connectivity index (χ0n) is 18.1. The van der Waals surface area contributed by atoms with E-state index in [1.54, 1.807) is 6.07 Å². The zero-order chi connectivity index (χ0) is 22.4. The molecule has 0 bridgehead atoms. The van der Waals surface area contributed by atoms with Crippen molar-refractivity contribution in [3.05, 3.63) is 63.1 Å². The van der Waals surface area contributed by atoms with Gasteiger partial charge in [0.05, 0.1) is 6.54 Å². The lowest BCUT2D eigenvalue weighted by molar-refractivity contribution is -0.131. The molecule has 8 heteroatoms. The number of para-hydroxylation sites is 1. The average Bonchev–Trinajstić information content (AvgIpc) is 2.73. The predicted molar refractivity (Wildman–Crippen MR) is 125 cm³/mol. The first-order valence-electron chi connectivity index (χ1n) is 10.5. The lowest BCUT2D eigenvalue weighted by Crippen LogP contribution is -2.38. The van der Waals surface area contributed by atoms with Crippen molar-refractivity contribution in [2.75, 3.05) is 38.7 Å². The standard InChI is InChI=1S/C23H29Cl2N3O3/c1-4-30-22(31-5-2)12-26-23(29)27-21-9-7-6-8-16(21)18-13-28(3)14-19-17(18)10-15(24)11-20(19)25/h6-11,18,22H,4-5,12-14H2,1-3H3,(H2,26,27,29). The van der Waals surface area contributed by atoms with Gasteiger partial charge in [0.2, 0.25) is 0 Å². The summed E-state index contributed by atoms with van der Waals surface area (Å²) in [4.78, 5) is 14.8. The van der Waals surface area contributed by atoms with E-state index in [2.05, 4.69) is 22.6 Å². The van der Waals surface area contributed by atoms with Gasteiger partial charge >= 0.3 is 6.03 Å². The molecule has 0 radical (unpaired) electrons. The number of hydrogen-bond donors (Lipinski definition) is 2. The van der Waals surface area contributed by atoms with Crippen LogP contribution in [0.3, 0.4) is 0 Å². The molecule has 0 saturated carbocycles. The SMILES string of the molecule is CCOC(CNC(=O)Nc1ccccc1C1CN(C)Cc2c(Cl)cc(Cl)cc21)OCC.